The van der Waals surface area contributed by atoms with Gasteiger partial charge in [-0.05, 0) is 30.5 Å². The van der Waals surface area contributed by atoms with E-state index < -0.39 is 11.6 Å². The summed E-state index contributed by atoms with van der Waals surface area (Å²) in [5.41, 5.74) is 0.160. The van der Waals surface area contributed by atoms with Gasteiger partial charge in [-0.15, -0.1) is 0 Å². The first-order valence-corrected chi connectivity index (χ1v) is 10.2. The van der Waals surface area contributed by atoms with Crippen LogP contribution < -0.4 is 14.8 Å². The van der Waals surface area contributed by atoms with Gasteiger partial charge in [0.25, 0.3) is 11.8 Å². The van der Waals surface area contributed by atoms with Gasteiger partial charge < -0.3 is 19.7 Å². The summed E-state index contributed by atoms with van der Waals surface area (Å²) in [5.74, 6) is 0.442. The van der Waals surface area contributed by atoms with Gasteiger partial charge >= 0.3 is 6.03 Å². The molecule has 2 fully saturated rings. The van der Waals surface area contributed by atoms with Gasteiger partial charge in [0.2, 0.25) is 0 Å². The number of hydrogen-bond donors (Lipinski definition) is 1. The number of piperidine rings is 1. The van der Waals surface area contributed by atoms with E-state index in [-0.39, 0.29) is 24.9 Å². The molecule has 162 valence electrons. The number of amides is 4. The van der Waals surface area contributed by atoms with Crippen molar-refractivity contribution in [3.63, 3.8) is 0 Å². The Morgan fingerprint density at radius 2 is 1.87 bits per heavy atom. The fourth-order valence-corrected chi connectivity index (χ4v) is 4.24. The van der Waals surface area contributed by atoms with Crippen LogP contribution in [0, 0.1) is 0 Å². The molecular weight excluding hydrogens is 398 g/mol. The van der Waals surface area contributed by atoms with Crippen molar-refractivity contribution in [3.8, 4) is 11.5 Å². The molecule has 0 aromatic heterocycles. The van der Waals surface area contributed by atoms with Crippen LogP contribution in [0.1, 0.15) is 28.8 Å². The summed E-state index contributed by atoms with van der Waals surface area (Å²) in [6.07, 6.45) is 1.10. The lowest BCUT2D eigenvalue weighted by molar-refractivity contribution is -0.133. The number of nitrogens with zero attached hydrogens (tertiary/aromatic N) is 2. The molecule has 0 aliphatic carbocycles. The fraction of sp³-hybridized carbons (Fsp3) is 0.348. The number of benzene rings is 2. The second-order valence-corrected chi connectivity index (χ2v) is 7.79. The molecule has 2 saturated heterocycles. The Morgan fingerprint density at radius 1 is 1.10 bits per heavy atom. The number of carbonyl (C=O) groups is 3. The first kappa shape index (κ1) is 20.7. The van der Waals surface area contributed by atoms with Gasteiger partial charge in [0.1, 0.15) is 17.0 Å². The molecule has 2 aromatic rings. The number of hydrogen-bond acceptors (Lipinski definition) is 5. The van der Waals surface area contributed by atoms with Crippen molar-refractivity contribution >= 4 is 17.8 Å². The largest absolute Gasteiger partial charge is 0.497 e. The van der Waals surface area contributed by atoms with Crippen molar-refractivity contribution in [1.29, 1.82) is 0 Å². The third-order valence-corrected chi connectivity index (χ3v) is 5.85. The zero-order valence-corrected chi connectivity index (χ0v) is 17.6. The van der Waals surface area contributed by atoms with Crippen LogP contribution in [-0.4, -0.2) is 60.5 Å². The Hall–Kier alpha value is -3.55. The number of urea groups is 1. The van der Waals surface area contributed by atoms with Gasteiger partial charge in [0, 0.05) is 12.6 Å². The Morgan fingerprint density at radius 3 is 2.58 bits per heavy atom. The number of imide groups is 1. The topological polar surface area (TPSA) is 88.2 Å². The molecule has 4 amide bonds. The minimum absolute atomic E-state index is 0.122. The van der Waals surface area contributed by atoms with Gasteiger partial charge in [-0.25, -0.2) is 4.79 Å². The summed E-state index contributed by atoms with van der Waals surface area (Å²) in [6, 6.07) is 13.9. The molecule has 0 unspecified atom stereocenters. The molecular formula is C23H25N3O5. The summed E-state index contributed by atoms with van der Waals surface area (Å²) in [5, 5.41) is 2.86. The van der Waals surface area contributed by atoms with Crippen molar-refractivity contribution in [3.05, 3.63) is 59.7 Å². The number of nitrogens with one attached hydrogen (secondary N) is 1. The van der Waals surface area contributed by atoms with E-state index in [0.717, 1.165) is 5.56 Å². The molecule has 8 nitrogen and oxygen atoms in total. The van der Waals surface area contributed by atoms with Crippen molar-refractivity contribution in [1.82, 2.24) is 15.1 Å². The SMILES string of the molecule is COc1ccc(C(=O)N2CCC[C@]3(C2)NC(=O)N(Cc2ccccc2)C3=O)c(OC)c1. The van der Waals surface area contributed by atoms with Gasteiger partial charge in [-0.2, -0.15) is 0 Å². The van der Waals surface area contributed by atoms with Crippen LogP contribution in [0.2, 0.25) is 0 Å². The predicted molar refractivity (Wildman–Crippen MR) is 113 cm³/mol. The number of methoxy groups -OCH3 is 2. The maximum absolute atomic E-state index is 13.3. The summed E-state index contributed by atoms with van der Waals surface area (Å²) < 4.78 is 10.6. The van der Waals surface area contributed by atoms with E-state index in [1.807, 2.05) is 30.3 Å². The maximum Gasteiger partial charge on any atom is 0.325 e. The van der Waals surface area contributed by atoms with Crippen LogP contribution in [0.4, 0.5) is 4.79 Å². The second kappa shape index (κ2) is 8.29. The van der Waals surface area contributed by atoms with Crippen LogP contribution in [-0.2, 0) is 11.3 Å². The zero-order valence-electron chi connectivity index (χ0n) is 17.6. The second-order valence-electron chi connectivity index (χ2n) is 7.79. The quantitative estimate of drug-likeness (QED) is 0.747. The van der Waals surface area contributed by atoms with E-state index >= 15 is 0 Å². The molecule has 2 heterocycles. The molecule has 2 aliphatic rings. The highest BCUT2D eigenvalue weighted by atomic mass is 16.5. The Kier molecular flexibility index (Phi) is 5.54. The first-order chi connectivity index (χ1) is 15.0. The summed E-state index contributed by atoms with van der Waals surface area (Å²) >= 11 is 0. The lowest BCUT2D eigenvalue weighted by atomic mass is 9.88. The van der Waals surface area contributed by atoms with E-state index in [0.29, 0.717) is 36.4 Å². The monoisotopic (exact) mass is 423 g/mol. The molecule has 1 N–H and O–H groups in total. The minimum Gasteiger partial charge on any atom is -0.497 e. The first-order valence-electron chi connectivity index (χ1n) is 10.2. The molecule has 2 aromatic carbocycles. The molecule has 0 radical (unpaired) electrons. The van der Waals surface area contributed by atoms with Crippen LogP contribution >= 0.6 is 0 Å². The maximum atomic E-state index is 13.3. The number of carbonyl (C=O) groups excluding carboxylic acids is 3. The number of rotatable bonds is 5. The van der Waals surface area contributed by atoms with Crippen molar-refractivity contribution < 1.29 is 23.9 Å². The Labute approximate surface area is 180 Å². The van der Waals surface area contributed by atoms with Gasteiger partial charge in [-0.3, -0.25) is 14.5 Å². The van der Waals surface area contributed by atoms with Crippen molar-refractivity contribution in [2.24, 2.45) is 0 Å². The lowest BCUT2D eigenvalue weighted by Gasteiger charge is -2.38. The third kappa shape index (κ3) is 3.81. The highest BCUT2D eigenvalue weighted by Crippen LogP contribution is 2.32. The smallest absolute Gasteiger partial charge is 0.325 e. The number of ether oxygens (including phenoxy) is 2. The zero-order chi connectivity index (χ0) is 22.0. The van der Waals surface area contributed by atoms with Crippen molar-refractivity contribution in [2.45, 2.75) is 24.9 Å². The number of likely N-dealkylation sites (tertiary alicyclic amines) is 1. The lowest BCUT2D eigenvalue weighted by Crippen LogP contribution is -2.59. The predicted octanol–water partition coefficient (Wildman–Crippen LogP) is 2.43. The molecule has 1 atom stereocenters. The normalized spacial score (nSPS) is 20.7. The standard InChI is InChI=1S/C23H25N3O5/c1-30-17-9-10-18(19(13-17)31-2)20(27)25-12-6-11-23(15-25)21(28)26(22(29)24-23)14-16-7-4-3-5-8-16/h3-5,7-10,13H,6,11-12,14-15H2,1-2H3,(H,24,29)/t23-/m1/s1. The molecule has 1 spiro atoms. The van der Waals surface area contributed by atoms with Crippen molar-refractivity contribution in [2.75, 3.05) is 27.3 Å². The van der Waals surface area contributed by atoms with E-state index in [1.165, 1.54) is 12.0 Å². The van der Waals surface area contributed by atoms with Crippen LogP contribution in [0.3, 0.4) is 0 Å². The average molecular weight is 423 g/mol. The van der Waals surface area contributed by atoms with Gasteiger partial charge in [-0.1, -0.05) is 30.3 Å². The molecule has 2 aliphatic heterocycles. The summed E-state index contributed by atoms with van der Waals surface area (Å²) in [7, 11) is 3.03. The molecule has 4 rings (SSSR count). The highest BCUT2D eigenvalue weighted by molar-refractivity contribution is 6.08. The Bertz CT molecular complexity index is 1010. The molecule has 8 heteroatoms. The highest BCUT2D eigenvalue weighted by Gasteiger charge is 2.53. The van der Waals surface area contributed by atoms with Gasteiger partial charge in [0.05, 0.1) is 32.9 Å². The minimum atomic E-state index is -1.10. The van der Waals surface area contributed by atoms with Crippen LogP contribution in [0.5, 0.6) is 11.5 Å². The molecule has 0 saturated carbocycles. The third-order valence-electron chi connectivity index (χ3n) is 5.85. The van der Waals surface area contributed by atoms with E-state index in [9.17, 15) is 14.4 Å². The Balaban J connectivity index is 1.55. The van der Waals surface area contributed by atoms with Crippen LogP contribution in [0.15, 0.2) is 48.5 Å². The van der Waals surface area contributed by atoms with E-state index in [4.69, 9.17) is 9.47 Å². The average Bonchev–Trinajstić information content (AvgIpc) is 3.02. The van der Waals surface area contributed by atoms with Crippen LogP contribution in [0.25, 0.3) is 0 Å². The molecule has 0 bridgehead atoms. The van der Waals surface area contributed by atoms with E-state index in [1.54, 1.807) is 30.2 Å². The molecule has 31 heavy (non-hydrogen) atoms. The van der Waals surface area contributed by atoms with Gasteiger partial charge in [0.15, 0.2) is 0 Å². The summed E-state index contributed by atoms with van der Waals surface area (Å²) in [4.78, 5) is 42.0. The van der Waals surface area contributed by atoms with E-state index in [2.05, 4.69) is 5.32 Å². The summed E-state index contributed by atoms with van der Waals surface area (Å²) in [6.45, 7) is 0.821. The fourth-order valence-electron chi connectivity index (χ4n) is 4.24.